The van der Waals surface area contributed by atoms with Crippen molar-refractivity contribution in [2.24, 2.45) is 5.92 Å². The first kappa shape index (κ1) is 12.0. The van der Waals surface area contributed by atoms with E-state index in [2.05, 4.69) is 35.6 Å². The molecule has 1 N–H and O–H groups in total. The Bertz CT molecular complexity index is 451. The number of halogens is 1. The van der Waals surface area contributed by atoms with Crippen LogP contribution in [0.1, 0.15) is 24.8 Å². The number of hydrogen-bond acceptors (Lipinski definition) is 3. The van der Waals surface area contributed by atoms with E-state index >= 15 is 0 Å². The van der Waals surface area contributed by atoms with Crippen LogP contribution in [0.15, 0.2) is 35.8 Å². The maximum absolute atomic E-state index is 12.8. The molecule has 90 valence electrons. The largest absolute Gasteiger partial charge is 0.362 e. The SMILES string of the molecule is CC(C)C(Nc1ccc(F)cn1)c1cccs1. The summed E-state index contributed by atoms with van der Waals surface area (Å²) in [6, 6.07) is 7.44. The van der Waals surface area contributed by atoms with Gasteiger partial charge in [-0.05, 0) is 29.5 Å². The van der Waals surface area contributed by atoms with Crippen LogP contribution < -0.4 is 5.32 Å². The highest BCUT2D eigenvalue weighted by Gasteiger charge is 2.16. The van der Waals surface area contributed by atoms with E-state index in [-0.39, 0.29) is 11.9 Å². The lowest BCUT2D eigenvalue weighted by atomic mass is 10.0. The van der Waals surface area contributed by atoms with Crippen molar-refractivity contribution in [2.45, 2.75) is 19.9 Å². The minimum atomic E-state index is -0.312. The lowest BCUT2D eigenvalue weighted by Crippen LogP contribution is -2.16. The van der Waals surface area contributed by atoms with Crippen LogP contribution in [0.2, 0.25) is 0 Å². The molecule has 1 atom stereocenters. The maximum atomic E-state index is 12.8. The zero-order chi connectivity index (χ0) is 12.3. The van der Waals surface area contributed by atoms with Crippen molar-refractivity contribution in [1.82, 2.24) is 4.98 Å². The van der Waals surface area contributed by atoms with Gasteiger partial charge in [-0.25, -0.2) is 9.37 Å². The molecule has 0 spiro atoms. The number of nitrogens with zero attached hydrogens (tertiary/aromatic N) is 1. The van der Waals surface area contributed by atoms with Gasteiger partial charge in [0.1, 0.15) is 11.6 Å². The number of hydrogen-bond donors (Lipinski definition) is 1. The van der Waals surface area contributed by atoms with E-state index in [1.807, 2.05) is 6.07 Å². The van der Waals surface area contributed by atoms with Gasteiger partial charge in [-0.1, -0.05) is 19.9 Å². The third-order valence-corrected chi connectivity index (χ3v) is 3.50. The molecule has 2 aromatic rings. The van der Waals surface area contributed by atoms with Crippen LogP contribution in [0.25, 0.3) is 0 Å². The fraction of sp³-hybridized carbons (Fsp3) is 0.308. The van der Waals surface area contributed by atoms with Crippen LogP contribution in [0.3, 0.4) is 0 Å². The average Bonchev–Trinajstić information content (AvgIpc) is 2.81. The van der Waals surface area contributed by atoms with Gasteiger partial charge in [0.2, 0.25) is 0 Å². The van der Waals surface area contributed by atoms with Crippen LogP contribution in [0, 0.1) is 11.7 Å². The van der Waals surface area contributed by atoms with E-state index in [0.717, 1.165) is 0 Å². The second kappa shape index (κ2) is 5.27. The second-order valence-corrected chi connectivity index (χ2v) is 5.22. The number of thiophene rings is 1. The molecule has 0 saturated heterocycles. The molecule has 0 fully saturated rings. The lowest BCUT2D eigenvalue weighted by Gasteiger charge is -2.21. The number of nitrogens with one attached hydrogen (secondary N) is 1. The Morgan fingerprint density at radius 2 is 2.12 bits per heavy atom. The van der Waals surface area contributed by atoms with E-state index in [4.69, 9.17) is 0 Å². The number of pyridine rings is 1. The summed E-state index contributed by atoms with van der Waals surface area (Å²) in [6.45, 7) is 4.31. The highest BCUT2D eigenvalue weighted by atomic mass is 32.1. The van der Waals surface area contributed by atoms with Gasteiger partial charge in [0, 0.05) is 4.88 Å². The third-order valence-electron chi connectivity index (χ3n) is 2.55. The fourth-order valence-corrected chi connectivity index (χ4v) is 2.60. The minimum absolute atomic E-state index is 0.216. The first-order valence-corrected chi connectivity index (χ1v) is 6.46. The Labute approximate surface area is 105 Å². The Kier molecular flexibility index (Phi) is 3.74. The Balaban J connectivity index is 2.16. The predicted octanol–water partition coefficient (Wildman–Crippen LogP) is 4.09. The van der Waals surface area contributed by atoms with E-state index in [1.165, 1.54) is 17.1 Å². The molecule has 4 heteroatoms. The molecular weight excluding hydrogens is 235 g/mol. The summed E-state index contributed by atoms with van der Waals surface area (Å²) in [7, 11) is 0. The summed E-state index contributed by atoms with van der Waals surface area (Å²) in [5, 5.41) is 5.40. The fourth-order valence-electron chi connectivity index (χ4n) is 1.66. The van der Waals surface area contributed by atoms with E-state index in [1.54, 1.807) is 17.4 Å². The van der Waals surface area contributed by atoms with Crippen molar-refractivity contribution in [2.75, 3.05) is 5.32 Å². The van der Waals surface area contributed by atoms with Crippen LogP contribution in [-0.2, 0) is 0 Å². The van der Waals surface area contributed by atoms with E-state index in [9.17, 15) is 4.39 Å². The summed E-state index contributed by atoms with van der Waals surface area (Å²) >= 11 is 1.72. The van der Waals surface area contributed by atoms with Crippen molar-refractivity contribution < 1.29 is 4.39 Å². The molecule has 2 heterocycles. The van der Waals surface area contributed by atoms with Crippen molar-refractivity contribution in [3.05, 3.63) is 46.5 Å². The minimum Gasteiger partial charge on any atom is -0.362 e. The molecule has 2 nitrogen and oxygen atoms in total. The summed E-state index contributed by atoms with van der Waals surface area (Å²) < 4.78 is 12.8. The van der Waals surface area contributed by atoms with Crippen molar-refractivity contribution >= 4 is 17.2 Å². The smallest absolute Gasteiger partial charge is 0.141 e. The molecule has 2 aromatic heterocycles. The summed E-state index contributed by atoms with van der Waals surface area (Å²) in [6.07, 6.45) is 1.23. The second-order valence-electron chi connectivity index (χ2n) is 4.24. The summed E-state index contributed by atoms with van der Waals surface area (Å²) in [5.41, 5.74) is 0. The van der Waals surface area contributed by atoms with Gasteiger partial charge in [-0.3, -0.25) is 0 Å². The molecule has 0 aliphatic rings. The average molecular weight is 250 g/mol. The van der Waals surface area contributed by atoms with Gasteiger partial charge in [0.15, 0.2) is 0 Å². The third kappa shape index (κ3) is 3.03. The molecule has 0 saturated carbocycles. The van der Waals surface area contributed by atoms with Crippen LogP contribution >= 0.6 is 11.3 Å². The van der Waals surface area contributed by atoms with Crippen LogP contribution in [-0.4, -0.2) is 4.98 Å². The highest BCUT2D eigenvalue weighted by molar-refractivity contribution is 7.10. The molecule has 17 heavy (non-hydrogen) atoms. The van der Waals surface area contributed by atoms with E-state index in [0.29, 0.717) is 11.7 Å². The van der Waals surface area contributed by atoms with Gasteiger partial charge in [-0.15, -0.1) is 11.3 Å². The van der Waals surface area contributed by atoms with Crippen molar-refractivity contribution in [1.29, 1.82) is 0 Å². The van der Waals surface area contributed by atoms with Crippen LogP contribution in [0.4, 0.5) is 10.2 Å². The highest BCUT2D eigenvalue weighted by Crippen LogP contribution is 2.28. The molecule has 1 unspecified atom stereocenters. The molecule has 0 aliphatic heterocycles. The number of aromatic nitrogens is 1. The molecule has 0 amide bonds. The normalized spacial score (nSPS) is 12.7. The zero-order valence-electron chi connectivity index (χ0n) is 9.85. The number of rotatable bonds is 4. The quantitative estimate of drug-likeness (QED) is 0.884. The van der Waals surface area contributed by atoms with Gasteiger partial charge in [0.25, 0.3) is 0 Å². The van der Waals surface area contributed by atoms with Gasteiger partial charge in [-0.2, -0.15) is 0 Å². The Hall–Kier alpha value is -1.42. The van der Waals surface area contributed by atoms with E-state index < -0.39 is 0 Å². The Morgan fingerprint density at radius 3 is 2.65 bits per heavy atom. The molecule has 0 aromatic carbocycles. The van der Waals surface area contributed by atoms with Gasteiger partial charge < -0.3 is 5.32 Å². The molecule has 2 rings (SSSR count). The predicted molar refractivity (Wildman–Crippen MR) is 69.7 cm³/mol. The lowest BCUT2D eigenvalue weighted by molar-refractivity contribution is 0.551. The first-order valence-electron chi connectivity index (χ1n) is 5.58. The van der Waals surface area contributed by atoms with Gasteiger partial charge in [0.05, 0.1) is 12.2 Å². The molecule has 0 bridgehead atoms. The van der Waals surface area contributed by atoms with Gasteiger partial charge >= 0.3 is 0 Å². The van der Waals surface area contributed by atoms with Crippen LogP contribution in [0.5, 0.6) is 0 Å². The standard InChI is InChI=1S/C13H15FN2S/c1-9(2)13(11-4-3-7-17-11)16-12-6-5-10(14)8-15-12/h3-9,13H,1-2H3,(H,15,16). The van der Waals surface area contributed by atoms with Crippen molar-refractivity contribution in [3.8, 4) is 0 Å². The zero-order valence-corrected chi connectivity index (χ0v) is 10.7. The monoisotopic (exact) mass is 250 g/mol. The summed E-state index contributed by atoms with van der Waals surface area (Å²) in [5.74, 6) is 0.840. The van der Waals surface area contributed by atoms with Crippen molar-refractivity contribution in [3.63, 3.8) is 0 Å². The molecule has 0 radical (unpaired) electrons. The topological polar surface area (TPSA) is 24.9 Å². The number of anilines is 1. The maximum Gasteiger partial charge on any atom is 0.141 e. The molecular formula is C13H15FN2S. The molecule has 0 aliphatic carbocycles. The summed E-state index contributed by atoms with van der Waals surface area (Å²) in [4.78, 5) is 5.30. The first-order chi connectivity index (χ1) is 8.16. The Morgan fingerprint density at radius 1 is 1.29 bits per heavy atom.